The van der Waals surface area contributed by atoms with E-state index in [4.69, 9.17) is 5.73 Å². The van der Waals surface area contributed by atoms with Gasteiger partial charge in [0.2, 0.25) is 5.91 Å². The van der Waals surface area contributed by atoms with Crippen molar-refractivity contribution in [3.8, 4) is 0 Å². The van der Waals surface area contributed by atoms with Gasteiger partial charge in [-0.2, -0.15) is 0 Å². The molecule has 23 heavy (non-hydrogen) atoms. The number of amides is 1. The minimum Gasteiger partial charge on any atom is -0.352 e. The summed E-state index contributed by atoms with van der Waals surface area (Å²) in [4.78, 5) is 12.5. The van der Waals surface area contributed by atoms with Crippen LogP contribution in [0.2, 0.25) is 0 Å². The maximum atomic E-state index is 12.5. The molecule has 2 aromatic rings. The number of halogens is 1. The second-order valence-electron chi connectivity index (χ2n) is 6.84. The van der Waals surface area contributed by atoms with Gasteiger partial charge >= 0.3 is 0 Å². The van der Waals surface area contributed by atoms with Crippen molar-refractivity contribution < 1.29 is 4.79 Å². The van der Waals surface area contributed by atoms with Crippen molar-refractivity contribution in [2.75, 3.05) is 0 Å². The lowest BCUT2D eigenvalue weighted by Gasteiger charge is -2.27. The molecule has 0 radical (unpaired) electrons. The SMILES string of the molecule is Cl.NC1C2CCC(C2)C1C(=O)NCc1ccc2ccccc2c1. The number of nitrogens with one attached hydrogen (secondary N) is 1. The fourth-order valence-electron chi connectivity index (χ4n) is 4.38. The van der Waals surface area contributed by atoms with Crippen LogP contribution in [0.15, 0.2) is 42.5 Å². The summed E-state index contributed by atoms with van der Waals surface area (Å²) in [5, 5.41) is 5.55. The van der Waals surface area contributed by atoms with Gasteiger partial charge in [0, 0.05) is 12.6 Å². The molecule has 3 nitrogen and oxygen atoms in total. The predicted molar refractivity (Wildman–Crippen MR) is 95.3 cm³/mol. The number of carbonyl (C=O) groups excluding carboxylic acids is 1. The van der Waals surface area contributed by atoms with Gasteiger partial charge in [-0.05, 0) is 53.5 Å². The standard InChI is InChI=1S/C19H22N2O.ClH/c20-18-16-8-7-15(10-16)17(18)19(22)21-11-12-5-6-13-3-1-2-4-14(13)9-12;/h1-6,9,15-18H,7-8,10-11,20H2,(H,21,22);1H. The highest BCUT2D eigenvalue weighted by Crippen LogP contribution is 2.47. The summed E-state index contributed by atoms with van der Waals surface area (Å²) in [7, 11) is 0. The van der Waals surface area contributed by atoms with E-state index in [1.54, 1.807) is 0 Å². The Kier molecular flexibility index (Phi) is 4.60. The number of rotatable bonds is 3. The molecule has 2 bridgehead atoms. The van der Waals surface area contributed by atoms with E-state index < -0.39 is 0 Å². The first-order valence-electron chi connectivity index (χ1n) is 8.23. The number of hydrogen-bond acceptors (Lipinski definition) is 2. The van der Waals surface area contributed by atoms with E-state index in [2.05, 4.69) is 35.6 Å². The van der Waals surface area contributed by atoms with E-state index >= 15 is 0 Å². The molecule has 0 saturated heterocycles. The summed E-state index contributed by atoms with van der Waals surface area (Å²) >= 11 is 0. The molecule has 0 heterocycles. The summed E-state index contributed by atoms with van der Waals surface area (Å²) in [5.74, 6) is 1.25. The molecule has 2 aromatic carbocycles. The third kappa shape index (κ3) is 2.96. The van der Waals surface area contributed by atoms with Crippen LogP contribution in [0, 0.1) is 17.8 Å². The van der Waals surface area contributed by atoms with Gasteiger partial charge in [-0.25, -0.2) is 0 Å². The highest BCUT2D eigenvalue weighted by molar-refractivity contribution is 5.85. The van der Waals surface area contributed by atoms with Gasteiger partial charge in [0.05, 0.1) is 5.92 Å². The smallest absolute Gasteiger partial charge is 0.225 e. The topological polar surface area (TPSA) is 55.1 Å². The van der Waals surface area contributed by atoms with Crippen molar-refractivity contribution in [1.82, 2.24) is 5.32 Å². The van der Waals surface area contributed by atoms with Crippen molar-refractivity contribution in [3.05, 3.63) is 48.0 Å². The van der Waals surface area contributed by atoms with Crippen molar-refractivity contribution in [2.45, 2.75) is 31.8 Å². The highest BCUT2D eigenvalue weighted by Gasteiger charge is 2.48. The second kappa shape index (κ2) is 6.50. The lowest BCUT2D eigenvalue weighted by molar-refractivity contribution is -0.127. The Bertz CT molecular complexity index is 715. The molecule has 4 atom stereocenters. The van der Waals surface area contributed by atoms with Gasteiger partial charge in [-0.3, -0.25) is 4.79 Å². The third-order valence-corrected chi connectivity index (χ3v) is 5.56. The molecular formula is C19H23ClN2O. The molecular weight excluding hydrogens is 308 g/mol. The van der Waals surface area contributed by atoms with E-state index in [0.29, 0.717) is 18.4 Å². The third-order valence-electron chi connectivity index (χ3n) is 5.56. The van der Waals surface area contributed by atoms with Gasteiger partial charge < -0.3 is 11.1 Å². The van der Waals surface area contributed by atoms with Crippen LogP contribution >= 0.6 is 12.4 Å². The number of hydrogen-bond donors (Lipinski definition) is 2. The quantitative estimate of drug-likeness (QED) is 0.907. The Morgan fingerprint density at radius 1 is 1.09 bits per heavy atom. The van der Waals surface area contributed by atoms with Gasteiger partial charge in [-0.1, -0.05) is 36.4 Å². The van der Waals surface area contributed by atoms with E-state index in [0.717, 1.165) is 12.0 Å². The van der Waals surface area contributed by atoms with Crippen LogP contribution in [-0.4, -0.2) is 11.9 Å². The molecule has 122 valence electrons. The Morgan fingerprint density at radius 2 is 1.83 bits per heavy atom. The summed E-state index contributed by atoms with van der Waals surface area (Å²) in [6.45, 7) is 0.588. The van der Waals surface area contributed by atoms with Crippen LogP contribution in [0.3, 0.4) is 0 Å². The van der Waals surface area contributed by atoms with E-state index in [9.17, 15) is 4.79 Å². The zero-order valence-electron chi connectivity index (χ0n) is 13.1. The van der Waals surface area contributed by atoms with Crippen LogP contribution in [0.25, 0.3) is 10.8 Å². The average Bonchev–Trinajstić information content (AvgIpc) is 3.13. The van der Waals surface area contributed by atoms with Gasteiger partial charge in [0.1, 0.15) is 0 Å². The summed E-state index contributed by atoms with van der Waals surface area (Å²) in [6, 6.07) is 14.7. The molecule has 4 rings (SSSR count). The number of nitrogens with two attached hydrogens (primary N) is 1. The largest absolute Gasteiger partial charge is 0.352 e. The Balaban J connectivity index is 0.00000156. The van der Waals surface area contributed by atoms with Gasteiger partial charge in [-0.15, -0.1) is 12.4 Å². The molecule has 2 fully saturated rings. The van der Waals surface area contributed by atoms with Gasteiger partial charge in [0.25, 0.3) is 0 Å². The molecule has 0 aliphatic heterocycles. The Morgan fingerprint density at radius 3 is 2.57 bits per heavy atom. The first kappa shape index (κ1) is 16.3. The Labute approximate surface area is 143 Å². The van der Waals surface area contributed by atoms with Gasteiger partial charge in [0.15, 0.2) is 0 Å². The molecule has 0 aromatic heterocycles. The number of fused-ring (bicyclic) bond motifs is 3. The molecule has 0 spiro atoms. The zero-order chi connectivity index (χ0) is 15.1. The van der Waals surface area contributed by atoms with Crippen molar-refractivity contribution >= 4 is 29.1 Å². The molecule has 1 amide bonds. The van der Waals surface area contributed by atoms with Crippen LogP contribution in [0.1, 0.15) is 24.8 Å². The molecule has 4 unspecified atom stereocenters. The van der Waals surface area contributed by atoms with Crippen molar-refractivity contribution in [2.24, 2.45) is 23.5 Å². The number of benzene rings is 2. The Hall–Kier alpha value is -1.58. The van der Waals surface area contributed by atoms with E-state index in [-0.39, 0.29) is 30.3 Å². The average molecular weight is 331 g/mol. The molecule has 4 heteroatoms. The number of carbonyl (C=O) groups is 1. The van der Waals surface area contributed by atoms with Crippen molar-refractivity contribution in [1.29, 1.82) is 0 Å². The van der Waals surface area contributed by atoms with Crippen LogP contribution in [0.5, 0.6) is 0 Å². The van der Waals surface area contributed by atoms with E-state index in [1.807, 2.05) is 12.1 Å². The van der Waals surface area contributed by atoms with Crippen LogP contribution < -0.4 is 11.1 Å². The summed E-state index contributed by atoms with van der Waals surface area (Å²) < 4.78 is 0. The molecule has 2 aliphatic rings. The highest BCUT2D eigenvalue weighted by atomic mass is 35.5. The predicted octanol–water partition coefficient (Wildman–Crippen LogP) is 3.25. The zero-order valence-corrected chi connectivity index (χ0v) is 13.9. The second-order valence-corrected chi connectivity index (χ2v) is 6.84. The molecule has 2 saturated carbocycles. The van der Waals surface area contributed by atoms with Crippen LogP contribution in [0.4, 0.5) is 0 Å². The fourth-order valence-corrected chi connectivity index (χ4v) is 4.38. The monoisotopic (exact) mass is 330 g/mol. The minimum atomic E-state index is 0. The van der Waals surface area contributed by atoms with Crippen molar-refractivity contribution in [3.63, 3.8) is 0 Å². The first-order valence-corrected chi connectivity index (χ1v) is 8.23. The summed E-state index contributed by atoms with van der Waals surface area (Å²) in [5.41, 5.74) is 7.39. The molecule has 2 aliphatic carbocycles. The summed E-state index contributed by atoms with van der Waals surface area (Å²) in [6.07, 6.45) is 3.53. The van der Waals surface area contributed by atoms with E-state index in [1.165, 1.54) is 23.6 Å². The lowest BCUT2D eigenvalue weighted by Crippen LogP contribution is -2.45. The fraction of sp³-hybridized carbons (Fsp3) is 0.421. The maximum Gasteiger partial charge on any atom is 0.225 e. The molecule has 3 N–H and O–H groups in total. The van der Waals surface area contributed by atoms with Crippen LogP contribution in [-0.2, 0) is 11.3 Å². The normalized spacial score (nSPS) is 28.6. The maximum absolute atomic E-state index is 12.5. The lowest BCUT2D eigenvalue weighted by atomic mass is 9.84. The first-order chi connectivity index (χ1) is 10.7. The minimum absolute atomic E-state index is 0.